The van der Waals surface area contributed by atoms with Crippen molar-refractivity contribution < 1.29 is 23.8 Å². The molecule has 0 saturated carbocycles. The molecule has 1 aromatic rings. The van der Waals surface area contributed by atoms with E-state index in [1.54, 1.807) is 25.3 Å². The molecule has 1 aromatic carbocycles. The summed E-state index contributed by atoms with van der Waals surface area (Å²) >= 11 is 0. The highest BCUT2D eigenvalue weighted by molar-refractivity contribution is 6.03. The molecular weight excluding hydrogens is 288 g/mol. The van der Waals surface area contributed by atoms with Gasteiger partial charge in [-0.15, -0.1) is 0 Å². The molecule has 0 radical (unpaired) electrons. The maximum atomic E-state index is 12.3. The van der Waals surface area contributed by atoms with Gasteiger partial charge in [0.1, 0.15) is 5.75 Å². The number of nitrogens with zero attached hydrogens (tertiary/aromatic N) is 1. The molecular formula is C15H18N2O5. The summed E-state index contributed by atoms with van der Waals surface area (Å²) < 4.78 is 15.6. The largest absolute Gasteiger partial charge is 0.472 e. The molecule has 1 spiro atoms. The van der Waals surface area contributed by atoms with Gasteiger partial charge in [0.2, 0.25) is 5.60 Å². The third kappa shape index (κ3) is 2.42. The molecule has 1 fully saturated rings. The van der Waals surface area contributed by atoms with Crippen molar-refractivity contribution in [1.29, 1.82) is 0 Å². The minimum Gasteiger partial charge on any atom is -0.472 e. The first-order valence-corrected chi connectivity index (χ1v) is 7.02. The molecule has 0 bridgehead atoms. The van der Waals surface area contributed by atoms with Gasteiger partial charge >= 0.3 is 5.97 Å². The minimum atomic E-state index is -0.840. The molecule has 118 valence electrons. The molecule has 1 amide bonds. The summed E-state index contributed by atoms with van der Waals surface area (Å²) in [6.07, 6.45) is 0. The summed E-state index contributed by atoms with van der Waals surface area (Å²) in [6, 6.07) is 4.87. The van der Waals surface area contributed by atoms with E-state index >= 15 is 0 Å². The van der Waals surface area contributed by atoms with Crippen LogP contribution in [-0.2, 0) is 14.3 Å². The first-order chi connectivity index (χ1) is 10.6. The molecule has 3 rings (SSSR count). The second-order valence-corrected chi connectivity index (χ2v) is 5.46. The van der Waals surface area contributed by atoms with Crippen LogP contribution in [0.1, 0.15) is 10.4 Å². The zero-order valence-electron chi connectivity index (χ0n) is 12.5. The molecule has 0 atom stereocenters. The smallest absolute Gasteiger partial charge is 0.337 e. The first kappa shape index (κ1) is 14.8. The van der Waals surface area contributed by atoms with E-state index in [4.69, 9.17) is 9.47 Å². The molecule has 2 aliphatic heterocycles. The molecule has 2 heterocycles. The van der Waals surface area contributed by atoms with Gasteiger partial charge in [-0.25, -0.2) is 4.79 Å². The van der Waals surface area contributed by atoms with Gasteiger partial charge in [0, 0.05) is 26.7 Å². The average Bonchev–Trinajstić information content (AvgIpc) is 2.49. The Balaban J connectivity index is 1.74. The number of methoxy groups -OCH3 is 2. The number of benzene rings is 1. The fourth-order valence-corrected chi connectivity index (χ4v) is 2.72. The van der Waals surface area contributed by atoms with Gasteiger partial charge in [-0.3, -0.25) is 9.69 Å². The third-order valence-corrected chi connectivity index (χ3v) is 3.94. The fraction of sp³-hybridized carbons (Fsp3) is 0.467. The Labute approximate surface area is 128 Å². The molecule has 22 heavy (non-hydrogen) atoms. The van der Waals surface area contributed by atoms with Crippen molar-refractivity contribution in [2.45, 2.75) is 5.60 Å². The monoisotopic (exact) mass is 306 g/mol. The van der Waals surface area contributed by atoms with Crippen molar-refractivity contribution in [3.05, 3.63) is 23.8 Å². The molecule has 0 aliphatic carbocycles. The third-order valence-electron chi connectivity index (χ3n) is 3.94. The summed E-state index contributed by atoms with van der Waals surface area (Å²) in [4.78, 5) is 25.9. The Morgan fingerprint density at radius 1 is 1.41 bits per heavy atom. The highest BCUT2D eigenvalue weighted by Gasteiger charge is 2.53. The van der Waals surface area contributed by atoms with Gasteiger partial charge in [0.15, 0.2) is 0 Å². The molecule has 2 aliphatic rings. The number of carbonyl (C=O) groups is 2. The number of hydrogen-bond acceptors (Lipinski definition) is 6. The van der Waals surface area contributed by atoms with Crippen LogP contribution in [0.25, 0.3) is 0 Å². The molecule has 0 aromatic heterocycles. The fourth-order valence-electron chi connectivity index (χ4n) is 2.72. The predicted octanol–water partition coefficient (Wildman–Crippen LogP) is 0.505. The van der Waals surface area contributed by atoms with E-state index in [0.717, 1.165) is 6.54 Å². The van der Waals surface area contributed by atoms with Gasteiger partial charge in [-0.2, -0.15) is 0 Å². The lowest BCUT2D eigenvalue weighted by Gasteiger charge is -2.50. The van der Waals surface area contributed by atoms with Crippen LogP contribution in [0.5, 0.6) is 5.75 Å². The molecule has 7 nitrogen and oxygen atoms in total. The van der Waals surface area contributed by atoms with E-state index in [0.29, 0.717) is 36.7 Å². The van der Waals surface area contributed by atoms with Crippen LogP contribution < -0.4 is 10.1 Å². The first-order valence-electron chi connectivity index (χ1n) is 7.02. The summed E-state index contributed by atoms with van der Waals surface area (Å²) in [6.45, 7) is 2.45. The van der Waals surface area contributed by atoms with Crippen LogP contribution in [0.15, 0.2) is 18.2 Å². The lowest BCUT2D eigenvalue weighted by atomic mass is 9.91. The van der Waals surface area contributed by atoms with Crippen molar-refractivity contribution in [1.82, 2.24) is 4.90 Å². The molecule has 1 saturated heterocycles. The Kier molecular flexibility index (Phi) is 3.76. The number of nitrogens with one attached hydrogen (secondary N) is 1. The van der Waals surface area contributed by atoms with Crippen LogP contribution in [-0.4, -0.2) is 62.8 Å². The number of fused-ring (bicyclic) bond motifs is 1. The Morgan fingerprint density at radius 3 is 2.86 bits per heavy atom. The normalized spacial score (nSPS) is 18.9. The summed E-state index contributed by atoms with van der Waals surface area (Å²) in [7, 11) is 2.96. The Morgan fingerprint density at radius 2 is 2.18 bits per heavy atom. The quantitative estimate of drug-likeness (QED) is 0.817. The summed E-state index contributed by atoms with van der Waals surface area (Å²) in [5, 5.41) is 2.82. The van der Waals surface area contributed by atoms with Gasteiger partial charge in [-0.1, -0.05) is 0 Å². The maximum Gasteiger partial charge on any atom is 0.337 e. The van der Waals surface area contributed by atoms with Crippen LogP contribution in [0, 0.1) is 0 Å². The van der Waals surface area contributed by atoms with E-state index in [1.807, 2.05) is 0 Å². The number of esters is 1. The molecule has 0 unspecified atom stereocenters. The second kappa shape index (κ2) is 5.58. The topological polar surface area (TPSA) is 77.1 Å². The number of hydrogen-bond donors (Lipinski definition) is 1. The summed E-state index contributed by atoms with van der Waals surface area (Å²) in [5.74, 6) is -0.0685. The number of amides is 1. The molecule has 7 heteroatoms. The van der Waals surface area contributed by atoms with Crippen LogP contribution >= 0.6 is 0 Å². The lowest BCUT2D eigenvalue weighted by molar-refractivity contribution is -0.150. The van der Waals surface area contributed by atoms with E-state index in [1.165, 1.54) is 7.11 Å². The van der Waals surface area contributed by atoms with E-state index < -0.39 is 11.6 Å². The van der Waals surface area contributed by atoms with Gasteiger partial charge in [-0.05, 0) is 18.2 Å². The number of likely N-dealkylation sites (tertiary alicyclic amines) is 1. The van der Waals surface area contributed by atoms with Crippen molar-refractivity contribution in [3.8, 4) is 5.75 Å². The number of ether oxygens (including phenoxy) is 3. The number of rotatable bonds is 4. The Hall–Kier alpha value is -2.12. The molecule has 1 N–H and O–H groups in total. The zero-order valence-corrected chi connectivity index (χ0v) is 12.5. The predicted molar refractivity (Wildman–Crippen MR) is 78.1 cm³/mol. The highest BCUT2D eigenvalue weighted by atomic mass is 16.5. The SMILES string of the molecule is COCCN1CC2(C1)Oc1ccc(C(=O)OC)cc1NC2=O. The van der Waals surface area contributed by atoms with Gasteiger partial charge < -0.3 is 19.5 Å². The number of carbonyl (C=O) groups excluding carboxylic acids is 2. The number of anilines is 1. The van der Waals surface area contributed by atoms with Crippen LogP contribution in [0.3, 0.4) is 0 Å². The average molecular weight is 306 g/mol. The van der Waals surface area contributed by atoms with Crippen molar-refractivity contribution in [2.24, 2.45) is 0 Å². The van der Waals surface area contributed by atoms with Gasteiger partial charge in [0.25, 0.3) is 5.91 Å². The standard InChI is InChI=1S/C15H18N2O5/c1-20-6-5-17-8-15(9-17)14(19)16-11-7-10(13(18)21-2)3-4-12(11)22-15/h3-4,7H,5-6,8-9H2,1-2H3,(H,16,19). The minimum absolute atomic E-state index is 0.185. The van der Waals surface area contributed by atoms with Crippen molar-refractivity contribution in [2.75, 3.05) is 45.8 Å². The Bertz CT molecular complexity index is 610. The van der Waals surface area contributed by atoms with E-state index in [2.05, 4.69) is 15.0 Å². The van der Waals surface area contributed by atoms with Crippen molar-refractivity contribution >= 4 is 17.6 Å². The maximum absolute atomic E-state index is 12.3. The summed E-state index contributed by atoms with van der Waals surface area (Å²) in [5.41, 5.74) is 0.0263. The highest BCUT2D eigenvalue weighted by Crippen LogP contribution is 2.38. The second-order valence-electron chi connectivity index (χ2n) is 5.46. The van der Waals surface area contributed by atoms with E-state index in [-0.39, 0.29) is 5.91 Å². The van der Waals surface area contributed by atoms with Gasteiger partial charge in [0.05, 0.1) is 25.0 Å². The zero-order chi connectivity index (χ0) is 15.7. The van der Waals surface area contributed by atoms with Crippen LogP contribution in [0.4, 0.5) is 5.69 Å². The lowest BCUT2D eigenvalue weighted by Crippen LogP contribution is -2.71. The van der Waals surface area contributed by atoms with Crippen LogP contribution in [0.2, 0.25) is 0 Å². The van der Waals surface area contributed by atoms with Crippen molar-refractivity contribution in [3.63, 3.8) is 0 Å². The van der Waals surface area contributed by atoms with E-state index in [9.17, 15) is 9.59 Å².